The van der Waals surface area contributed by atoms with Gasteiger partial charge in [0, 0.05) is 43.5 Å². The van der Waals surface area contributed by atoms with Crippen LogP contribution in [0.4, 0.5) is 0 Å². The lowest BCUT2D eigenvalue weighted by Crippen LogP contribution is -2.48. The number of aryl methyl sites for hydroxylation is 1. The quantitative estimate of drug-likeness (QED) is 0.864. The minimum absolute atomic E-state index is 0.355. The molecule has 3 heterocycles. The molecule has 2 atom stereocenters. The van der Waals surface area contributed by atoms with Crippen LogP contribution in [-0.4, -0.2) is 65.0 Å². The maximum atomic E-state index is 5.97. The maximum absolute atomic E-state index is 5.97. The molecule has 0 N–H and O–H groups in total. The molecular formula is C19H26N4O. The second kappa shape index (κ2) is 6.31. The third kappa shape index (κ3) is 2.77. The number of ether oxygens (including phenoxy) is 1. The summed E-state index contributed by atoms with van der Waals surface area (Å²) in [6.45, 7) is 9.24. The SMILES string of the molecule is Cc1nn(-c2ccccc2)c(C)c1CN1CC2OCCN(C)C2C1. The molecule has 2 saturated heterocycles. The van der Waals surface area contributed by atoms with E-state index >= 15 is 0 Å². The number of rotatable bonds is 3. The fourth-order valence-corrected chi connectivity index (χ4v) is 4.01. The van der Waals surface area contributed by atoms with Crippen molar-refractivity contribution in [2.24, 2.45) is 0 Å². The smallest absolute Gasteiger partial charge is 0.0869 e. The fraction of sp³-hybridized carbons (Fsp3) is 0.526. The third-order valence-corrected chi connectivity index (χ3v) is 5.48. The fourth-order valence-electron chi connectivity index (χ4n) is 4.01. The maximum Gasteiger partial charge on any atom is 0.0869 e. The van der Waals surface area contributed by atoms with Crippen LogP contribution in [0.2, 0.25) is 0 Å². The number of nitrogens with zero attached hydrogens (tertiary/aromatic N) is 4. The van der Waals surface area contributed by atoms with Gasteiger partial charge in [0.1, 0.15) is 0 Å². The lowest BCUT2D eigenvalue weighted by atomic mass is 10.1. The van der Waals surface area contributed by atoms with Gasteiger partial charge in [0.2, 0.25) is 0 Å². The van der Waals surface area contributed by atoms with Crippen LogP contribution >= 0.6 is 0 Å². The highest BCUT2D eigenvalue weighted by atomic mass is 16.5. The van der Waals surface area contributed by atoms with E-state index in [1.165, 1.54) is 11.3 Å². The summed E-state index contributed by atoms with van der Waals surface area (Å²) in [4.78, 5) is 4.96. The zero-order valence-corrected chi connectivity index (χ0v) is 14.8. The Hall–Kier alpha value is -1.69. The van der Waals surface area contributed by atoms with E-state index in [4.69, 9.17) is 9.84 Å². The van der Waals surface area contributed by atoms with Crippen LogP contribution in [0.5, 0.6) is 0 Å². The van der Waals surface area contributed by atoms with Gasteiger partial charge in [0.25, 0.3) is 0 Å². The van der Waals surface area contributed by atoms with Crippen LogP contribution in [0.3, 0.4) is 0 Å². The van der Waals surface area contributed by atoms with Crippen molar-refractivity contribution in [3.05, 3.63) is 47.3 Å². The van der Waals surface area contributed by atoms with Crippen molar-refractivity contribution in [2.75, 3.05) is 33.3 Å². The first kappa shape index (κ1) is 15.8. The van der Waals surface area contributed by atoms with E-state index in [0.717, 1.165) is 44.2 Å². The monoisotopic (exact) mass is 326 g/mol. The number of fused-ring (bicyclic) bond motifs is 1. The Morgan fingerprint density at radius 3 is 2.71 bits per heavy atom. The van der Waals surface area contributed by atoms with E-state index in [9.17, 15) is 0 Å². The molecule has 2 aromatic rings. The summed E-state index contributed by atoms with van der Waals surface area (Å²) in [5.74, 6) is 0. The minimum Gasteiger partial charge on any atom is -0.374 e. The number of benzene rings is 1. The zero-order chi connectivity index (χ0) is 16.7. The first-order valence-corrected chi connectivity index (χ1v) is 8.78. The molecule has 0 aliphatic carbocycles. The predicted octanol–water partition coefficient (Wildman–Crippen LogP) is 2.00. The van der Waals surface area contributed by atoms with Gasteiger partial charge in [-0.25, -0.2) is 4.68 Å². The number of likely N-dealkylation sites (tertiary alicyclic amines) is 1. The molecule has 0 radical (unpaired) electrons. The van der Waals surface area contributed by atoms with Gasteiger partial charge >= 0.3 is 0 Å². The van der Waals surface area contributed by atoms with Crippen LogP contribution in [-0.2, 0) is 11.3 Å². The van der Waals surface area contributed by atoms with Crippen LogP contribution in [0.25, 0.3) is 5.69 Å². The van der Waals surface area contributed by atoms with Gasteiger partial charge in [-0.05, 0) is 33.0 Å². The van der Waals surface area contributed by atoms with E-state index in [1.54, 1.807) is 0 Å². The summed E-state index contributed by atoms with van der Waals surface area (Å²) in [6.07, 6.45) is 0.355. The van der Waals surface area contributed by atoms with Gasteiger partial charge in [0.05, 0.1) is 24.1 Å². The first-order chi connectivity index (χ1) is 11.6. The lowest BCUT2D eigenvalue weighted by molar-refractivity contribution is -0.0370. The number of likely N-dealkylation sites (N-methyl/N-ethyl adjacent to an activating group) is 1. The van der Waals surface area contributed by atoms with Crippen molar-refractivity contribution >= 4 is 0 Å². The van der Waals surface area contributed by atoms with Crippen molar-refractivity contribution in [1.82, 2.24) is 19.6 Å². The molecule has 0 saturated carbocycles. The molecule has 0 spiro atoms. The van der Waals surface area contributed by atoms with E-state index in [1.807, 2.05) is 6.07 Å². The molecule has 4 rings (SSSR count). The molecule has 128 valence electrons. The van der Waals surface area contributed by atoms with E-state index in [2.05, 4.69) is 59.6 Å². The van der Waals surface area contributed by atoms with E-state index in [-0.39, 0.29) is 0 Å². The zero-order valence-electron chi connectivity index (χ0n) is 14.8. The number of morpholine rings is 1. The van der Waals surface area contributed by atoms with E-state index in [0.29, 0.717) is 12.1 Å². The normalized spacial score (nSPS) is 25.1. The number of hydrogen-bond donors (Lipinski definition) is 0. The Labute approximate surface area is 143 Å². The van der Waals surface area contributed by atoms with Crippen molar-refractivity contribution in [3.63, 3.8) is 0 Å². The molecule has 5 nitrogen and oxygen atoms in total. The molecule has 24 heavy (non-hydrogen) atoms. The molecule has 2 aliphatic heterocycles. The molecule has 0 bridgehead atoms. The molecule has 5 heteroatoms. The van der Waals surface area contributed by atoms with Gasteiger partial charge < -0.3 is 4.74 Å². The Kier molecular flexibility index (Phi) is 4.16. The Morgan fingerprint density at radius 2 is 1.96 bits per heavy atom. The molecule has 1 aromatic carbocycles. The topological polar surface area (TPSA) is 33.5 Å². The lowest BCUT2D eigenvalue weighted by Gasteiger charge is -2.33. The number of hydrogen-bond acceptors (Lipinski definition) is 4. The summed E-state index contributed by atoms with van der Waals surface area (Å²) in [5, 5.41) is 4.78. The van der Waals surface area contributed by atoms with Gasteiger partial charge in [0.15, 0.2) is 0 Å². The molecule has 0 amide bonds. The second-order valence-corrected chi connectivity index (χ2v) is 7.05. The van der Waals surface area contributed by atoms with Crippen LogP contribution in [0.1, 0.15) is 17.0 Å². The molecule has 2 aliphatic rings. The molecular weight excluding hydrogens is 300 g/mol. The first-order valence-electron chi connectivity index (χ1n) is 8.78. The summed E-state index contributed by atoms with van der Waals surface area (Å²) in [7, 11) is 2.22. The summed E-state index contributed by atoms with van der Waals surface area (Å²) in [6, 6.07) is 10.9. The van der Waals surface area contributed by atoms with Crippen molar-refractivity contribution < 1.29 is 4.74 Å². The molecule has 2 unspecified atom stereocenters. The highest BCUT2D eigenvalue weighted by molar-refractivity contribution is 5.37. The largest absolute Gasteiger partial charge is 0.374 e. The van der Waals surface area contributed by atoms with Crippen LogP contribution in [0, 0.1) is 13.8 Å². The standard InChI is InChI=1S/C19H26N4O/c1-14-17(15(2)23(20-14)16-7-5-4-6-8-16)11-22-12-18-19(13-22)24-10-9-21(18)3/h4-8,18-19H,9-13H2,1-3H3. The molecule has 2 fully saturated rings. The van der Waals surface area contributed by atoms with Crippen molar-refractivity contribution in [3.8, 4) is 5.69 Å². The van der Waals surface area contributed by atoms with Gasteiger partial charge in [-0.2, -0.15) is 5.10 Å². The minimum atomic E-state index is 0.355. The van der Waals surface area contributed by atoms with Gasteiger partial charge in [-0.3, -0.25) is 9.80 Å². The average molecular weight is 326 g/mol. The highest BCUT2D eigenvalue weighted by Crippen LogP contribution is 2.25. The number of aromatic nitrogens is 2. The highest BCUT2D eigenvalue weighted by Gasteiger charge is 2.38. The number of para-hydroxylation sites is 1. The van der Waals surface area contributed by atoms with Crippen molar-refractivity contribution in [2.45, 2.75) is 32.5 Å². The Balaban J connectivity index is 1.54. The summed E-state index contributed by atoms with van der Waals surface area (Å²) in [5.41, 5.74) is 4.84. The third-order valence-electron chi connectivity index (χ3n) is 5.48. The van der Waals surface area contributed by atoms with Crippen LogP contribution < -0.4 is 0 Å². The molecule has 1 aromatic heterocycles. The van der Waals surface area contributed by atoms with E-state index < -0.39 is 0 Å². The van der Waals surface area contributed by atoms with Gasteiger partial charge in [-0.1, -0.05) is 18.2 Å². The van der Waals surface area contributed by atoms with Gasteiger partial charge in [-0.15, -0.1) is 0 Å². The summed E-state index contributed by atoms with van der Waals surface area (Å²) >= 11 is 0. The predicted molar refractivity (Wildman–Crippen MR) is 94.5 cm³/mol. The van der Waals surface area contributed by atoms with Crippen LogP contribution in [0.15, 0.2) is 30.3 Å². The second-order valence-electron chi connectivity index (χ2n) is 7.05. The Morgan fingerprint density at radius 1 is 1.17 bits per heavy atom. The van der Waals surface area contributed by atoms with Crippen molar-refractivity contribution in [1.29, 1.82) is 0 Å². The summed E-state index contributed by atoms with van der Waals surface area (Å²) < 4.78 is 8.04. The average Bonchev–Trinajstić information content (AvgIpc) is 3.13. The Bertz CT molecular complexity index is 712.